The first-order valence-electron chi connectivity index (χ1n) is 6.69. The lowest BCUT2D eigenvalue weighted by Gasteiger charge is -2.53. The third-order valence-electron chi connectivity index (χ3n) is 4.44. The molecule has 20 heavy (non-hydrogen) atoms. The Morgan fingerprint density at radius 1 is 1.55 bits per heavy atom. The van der Waals surface area contributed by atoms with E-state index in [-0.39, 0.29) is 17.2 Å². The van der Waals surface area contributed by atoms with Gasteiger partial charge in [0.05, 0.1) is 11.0 Å². The molecule has 0 radical (unpaired) electrons. The van der Waals surface area contributed by atoms with Crippen molar-refractivity contribution in [2.75, 3.05) is 7.05 Å². The minimum atomic E-state index is -0.409. The lowest BCUT2D eigenvalue weighted by Crippen LogP contribution is -2.62. The first kappa shape index (κ1) is 15.3. The number of nitro benzene ring substituents is 1. The number of hydrogen-bond acceptors (Lipinski definition) is 4. The minimum absolute atomic E-state index is 0.0390. The van der Waals surface area contributed by atoms with Crippen LogP contribution in [0.25, 0.3) is 0 Å². The molecule has 1 N–H and O–H groups in total. The number of nitrogens with one attached hydrogen (secondary N) is 1. The van der Waals surface area contributed by atoms with Crippen molar-refractivity contribution in [1.82, 2.24) is 5.32 Å². The molecule has 1 saturated carbocycles. The van der Waals surface area contributed by atoms with Crippen LogP contribution in [0, 0.1) is 15.5 Å². The van der Waals surface area contributed by atoms with Gasteiger partial charge in [-0.3, -0.25) is 10.1 Å². The number of non-ortho nitro benzene ring substituents is 1. The topological polar surface area (TPSA) is 64.4 Å². The molecule has 2 rings (SSSR count). The predicted molar refractivity (Wildman–Crippen MR) is 81.1 cm³/mol. The molecule has 5 nitrogen and oxygen atoms in total. The zero-order valence-electron chi connectivity index (χ0n) is 11.9. The number of rotatable bonds is 5. The molecule has 1 aliphatic rings. The van der Waals surface area contributed by atoms with Gasteiger partial charge in [-0.15, -0.1) is 0 Å². The highest BCUT2D eigenvalue weighted by atomic mass is 79.9. The lowest BCUT2D eigenvalue weighted by atomic mass is 9.61. The zero-order chi connectivity index (χ0) is 14.9. The highest BCUT2D eigenvalue weighted by molar-refractivity contribution is 9.10. The molecule has 0 spiro atoms. The standard InChI is InChI=1S/C14H19BrN2O3/c1-4-14(2)12(16-3)8-13(14)20-11-6-9(15)5-10(7-11)17(18)19/h5-7,12-13,16H,4,8H2,1-3H3. The first-order chi connectivity index (χ1) is 9.40. The summed E-state index contributed by atoms with van der Waals surface area (Å²) in [7, 11) is 1.96. The summed E-state index contributed by atoms with van der Waals surface area (Å²) in [6.07, 6.45) is 2.00. The molecule has 0 aliphatic heterocycles. The second-order valence-corrected chi connectivity index (χ2v) is 6.36. The summed E-state index contributed by atoms with van der Waals surface area (Å²) in [5.41, 5.74) is 0.100. The normalized spacial score (nSPS) is 28.8. The number of nitro groups is 1. The Bertz CT molecular complexity index is 523. The molecule has 0 saturated heterocycles. The summed E-state index contributed by atoms with van der Waals surface area (Å²) >= 11 is 3.29. The molecule has 1 aliphatic carbocycles. The van der Waals surface area contributed by atoms with Gasteiger partial charge in [0.15, 0.2) is 0 Å². The number of benzene rings is 1. The van der Waals surface area contributed by atoms with Crippen LogP contribution in [0.4, 0.5) is 5.69 Å². The van der Waals surface area contributed by atoms with Crippen LogP contribution in [0.5, 0.6) is 5.75 Å². The molecule has 6 heteroatoms. The van der Waals surface area contributed by atoms with Crippen LogP contribution in [0.2, 0.25) is 0 Å². The second kappa shape index (κ2) is 5.69. The van der Waals surface area contributed by atoms with E-state index in [0.717, 1.165) is 12.8 Å². The minimum Gasteiger partial charge on any atom is -0.489 e. The summed E-state index contributed by atoms with van der Waals surface area (Å²) in [6.45, 7) is 4.33. The van der Waals surface area contributed by atoms with Crippen LogP contribution in [0.3, 0.4) is 0 Å². The maximum atomic E-state index is 10.9. The average Bonchev–Trinajstić information content (AvgIpc) is 2.41. The van der Waals surface area contributed by atoms with Crippen LogP contribution >= 0.6 is 15.9 Å². The Kier molecular flexibility index (Phi) is 4.34. The van der Waals surface area contributed by atoms with Crippen molar-refractivity contribution in [2.45, 2.75) is 38.8 Å². The summed E-state index contributed by atoms with van der Waals surface area (Å²) in [5.74, 6) is 0.547. The third-order valence-corrected chi connectivity index (χ3v) is 4.89. The van der Waals surface area contributed by atoms with E-state index in [1.165, 1.54) is 12.1 Å². The number of hydrogen-bond donors (Lipinski definition) is 1. The SMILES string of the molecule is CCC1(C)C(NC)CC1Oc1cc(Br)cc([N+](=O)[O-])c1. The van der Waals surface area contributed by atoms with Crippen molar-refractivity contribution >= 4 is 21.6 Å². The smallest absolute Gasteiger partial charge is 0.274 e. The van der Waals surface area contributed by atoms with Gasteiger partial charge in [-0.05, 0) is 19.5 Å². The van der Waals surface area contributed by atoms with Gasteiger partial charge in [-0.1, -0.05) is 29.8 Å². The monoisotopic (exact) mass is 342 g/mol. The Balaban J connectivity index is 2.17. The highest BCUT2D eigenvalue weighted by Gasteiger charge is 2.51. The van der Waals surface area contributed by atoms with Gasteiger partial charge in [-0.25, -0.2) is 0 Å². The van der Waals surface area contributed by atoms with Crippen molar-refractivity contribution in [1.29, 1.82) is 0 Å². The lowest BCUT2D eigenvalue weighted by molar-refractivity contribution is -0.385. The Morgan fingerprint density at radius 3 is 2.80 bits per heavy atom. The second-order valence-electron chi connectivity index (χ2n) is 5.45. The van der Waals surface area contributed by atoms with E-state index in [9.17, 15) is 10.1 Å². The molecule has 3 atom stereocenters. The van der Waals surface area contributed by atoms with Crippen molar-refractivity contribution in [3.63, 3.8) is 0 Å². The molecular weight excluding hydrogens is 324 g/mol. The summed E-state index contributed by atoms with van der Waals surface area (Å²) in [4.78, 5) is 10.5. The van der Waals surface area contributed by atoms with Gasteiger partial charge >= 0.3 is 0 Å². The molecule has 0 amide bonds. The third kappa shape index (κ3) is 2.67. The van der Waals surface area contributed by atoms with E-state index in [1.807, 2.05) is 7.05 Å². The fraction of sp³-hybridized carbons (Fsp3) is 0.571. The summed E-state index contributed by atoms with van der Waals surface area (Å²) < 4.78 is 6.64. The molecule has 110 valence electrons. The van der Waals surface area contributed by atoms with Crippen LogP contribution in [-0.4, -0.2) is 24.1 Å². The molecule has 1 aromatic rings. The maximum absolute atomic E-state index is 10.9. The summed E-state index contributed by atoms with van der Waals surface area (Å²) in [6, 6.07) is 5.16. The van der Waals surface area contributed by atoms with Gasteiger partial charge in [0.25, 0.3) is 5.69 Å². The summed E-state index contributed by atoms with van der Waals surface area (Å²) in [5, 5.41) is 14.2. The largest absolute Gasteiger partial charge is 0.489 e. The number of ether oxygens (including phenoxy) is 1. The van der Waals surface area contributed by atoms with Gasteiger partial charge in [0, 0.05) is 28.4 Å². The highest BCUT2D eigenvalue weighted by Crippen LogP contribution is 2.46. The van der Waals surface area contributed by atoms with Gasteiger partial charge in [-0.2, -0.15) is 0 Å². The van der Waals surface area contributed by atoms with E-state index in [4.69, 9.17) is 4.74 Å². The quantitative estimate of drug-likeness (QED) is 0.656. The molecule has 0 aromatic heterocycles. The van der Waals surface area contributed by atoms with E-state index in [1.54, 1.807) is 6.07 Å². The number of halogens is 1. The molecule has 1 fully saturated rings. The van der Waals surface area contributed by atoms with Crippen LogP contribution < -0.4 is 10.1 Å². The molecule has 1 aromatic carbocycles. The molecular formula is C14H19BrN2O3. The van der Waals surface area contributed by atoms with Crippen LogP contribution in [0.1, 0.15) is 26.7 Å². The fourth-order valence-corrected chi connectivity index (χ4v) is 3.27. The van der Waals surface area contributed by atoms with Gasteiger partial charge in [0.1, 0.15) is 11.9 Å². The Hall–Kier alpha value is -1.14. The first-order valence-corrected chi connectivity index (χ1v) is 7.49. The van der Waals surface area contributed by atoms with Gasteiger partial charge < -0.3 is 10.1 Å². The maximum Gasteiger partial charge on any atom is 0.274 e. The van der Waals surface area contributed by atoms with Crippen LogP contribution in [0.15, 0.2) is 22.7 Å². The molecule has 3 unspecified atom stereocenters. The predicted octanol–water partition coefficient (Wildman–Crippen LogP) is 3.51. The Labute approximate surface area is 127 Å². The van der Waals surface area contributed by atoms with E-state index in [0.29, 0.717) is 16.3 Å². The van der Waals surface area contributed by atoms with Crippen molar-refractivity contribution in [3.8, 4) is 5.75 Å². The van der Waals surface area contributed by atoms with Crippen molar-refractivity contribution < 1.29 is 9.66 Å². The van der Waals surface area contributed by atoms with Gasteiger partial charge in [0.2, 0.25) is 0 Å². The van der Waals surface area contributed by atoms with E-state index >= 15 is 0 Å². The molecule has 0 heterocycles. The van der Waals surface area contributed by atoms with Crippen LogP contribution in [-0.2, 0) is 0 Å². The van der Waals surface area contributed by atoms with Crippen molar-refractivity contribution in [3.05, 3.63) is 32.8 Å². The van der Waals surface area contributed by atoms with Crippen molar-refractivity contribution in [2.24, 2.45) is 5.41 Å². The average molecular weight is 343 g/mol. The molecule has 0 bridgehead atoms. The zero-order valence-corrected chi connectivity index (χ0v) is 13.4. The van der Waals surface area contributed by atoms with E-state index < -0.39 is 4.92 Å². The Morgan fingerprint density at radius 2 is 2.25 bits per heavy atom. The van der Waals surface area contributed by atoms with E-state index in [2.05, 4.69) is 35.1 Å². The fourth-order valence-electron chi connectivity index (χ4n) is 2.81. The number of nitrogens with zero attached hydrogens (tertiary/aromatic N) is 1.